The average Bonchev–Trinajstić information content (AvgIpc) is 2.89. The summed E-state index contributed by atoms with van der Waals surface area (Å²) in [4.78, 5) is 29.4. The Morgan fingerprint density at radius 3 is 2.38 bits per heavy atom. The lowest BCUT2D eigenvalue weighted by Gasteiger charge is -2.49. The zero-order valence-corrected chi connectivity index (χ0v) is 23.4. The van der Waals surface area contributed by atoms with Gasteiger partial charge in [0, 0.05) is 50.9 Å². The molecule has 1 aliphatic heterocycles. The molecule has 0 radical (unpaired) electrons. The molecule has 0 aliphatic carbocycles. The van der Waals surface area contributed by atoms with E-state index in [9.17, 15) is 4.79 Å². The zero-order chi connectivity index (χ0) is 26.7. The van der Waals surface area contributed by atoms with Crippen LogP contribution in [0.15, 0.2) is 41.2 Å². The van der Waals surface area contributed by atoms with Gasteiger partial charge in [0.2, 0.25) is 5.88 Å². The minimum Gasteiger partial charge on any atom is -0.476 e. The van der Waals surface area contributed by atoms with Crippen molar-refractivity contribution in [3.8, 4) is 5.88 Å². The molecule has 8 heteroatoms. The Labute approximate surface area is 220 Å². The van der Waals surface area contributed by atoms with Crippen LogP contribution in [0, 0.1) is 6.92 Å². The standard InChI is InChI=1S/C29H42N6O2/c1-8-23-19-35(24(9-2)18-34(23)21(4)22-12-10-20(3)11-13-22)28-27-25(33(7)29(36)31-28)14-15-26(30-27)37-17-16-32(5)6/h10-15,21,23-24H,8-9,16-19H2,1-7H3/t21?,23-,24+/m1/s1. The van der Waals surface area contributed by atoms with E-state index >= 15 is 0 Å². The van der Waals surface area contributed by atoms with E-state index < -0.39 is 0 Å². The van der Waals surface area contributed by atoms with Crippen LogP contribution in [-0.4, -0.2) is 76.8 Å². The molecule has 3 heterocycles. The maximum absolute atomic E-state index is 12.9. The number of aromatic nitrogens is 3. The molecule has 1 aromatic carbocycles. The number of anilines is 1. The van der Waals surface area contributed by atoms with E-state index in [1.165, 1.54) is 11.1 Å². The molecule has 1 saturated heterocycles. The van der Waals surface area contributed by atoms with Crippen LogP contribution < -0.4 is 15.3 Å². The summed E-state index contributed by atoms with van der Waals surface area (Å²) >= 11 is 0. The molecule has 0 bridgehead atoms. The normalized spacial score (nSPS) is 19.5. The topological polar surface area (TPSA) is 66.7 Å². The minimum absolute atomic E-state index is 0.221. The predicted molar refractivity (Wildman–Crippen MR) is 151 cm³/mol. The molecule has 3 aromatic rings. The number of benzene rings is 1. The van der Waals surface area contributed by atoms with Gasteiger partial charge >= 0.3 is 5.69 Å². The van der Waals surface area contributed by atoms with Crippen molar-refractivity contribution in [2.24, 2.45) is 7.05 Å². The highest BCUT2D eigenvalue weighted by Crippen LogP contribution is 2.34. The summed E-state index contributed by atoms with van der Waals surface area (Å²) in [5, 5.41) is 0. The van der Waals surface area contributed by atoms with E-state index in [-0.39, 0.29) is 11.7 Å². The molecule has 3 atom stereocenters. The number of nitrogens with zero attached hydrogens (tertiary/aromatic N) is 6. The highest BCUT2D eigenvalue weighted by atomic mass is 16.5. The third kappa shape index (κ3) is 5.80. The number of aryl methyl sites for hydroxylation is 2. The second kappa shape index (κ2) is 11.6. The van der Waals surface area contributed by atoms with E-state index in [2.05, 4.69) is 71.6 Å². The first-order valence-electron chi connectivity index (χ1n) is 13.5. The van der Waals surface area contributed by atoms with E-state index in [0.29, 0.717) is 30.4 Å². The van der Waals surface area contributed by atoms with Crippen LogP contribution in [0.2, 0.25) is 0 Å². The molecule has 1 aliphatic rings. The molecule has 1 unspecified atom stereocenters. The Bertz CT molecular complexity index is 1260. The largest absolute Gasteiger partial charge is 0.476 e. The maximum atomic E-state index is 12.9. The zero-order valence-electron chi connectivity index (χ0n) is 23.4. The fourth-order valence-electron chi connectivity index (χ4n) is 5.26. The number of likely N-dealkylation sites (N-methyl/N-ethyl adjacent to an activating group) is 1. The van der Waals surface area contributed by atoms with Crippen LogP contribution in [0.4, 0.5) is 5.82 Å². The first kappa shape index (κ1) is 27.1. The lowest BCUT2D eigenvalue weighted by Crippen LogP contribution is -2.59. The fourth-order valence-corrected chi connectivity index (χ4v) is 5.26. The summed E-state index contributed by atoms with van der Waals surface area (Å²) in [6, 6.07) is 13.5. The maximum Gasteiger partial charge on any atom is 0.349 e. The quantitative estimate of drug-likeness (QED) is 0.434. The Kier molecular flexibility index (Phi) is 8.49. The van der Waals surface area contributed by atoms with Crippen LogP contribution in [0.25, 0.3) is 11.0 Å². The first-order valence-corrected chi connectivity index (χ1v) is 13.5. The summed E-state index contributed by atoms with van der Waals surface area (Å²) in [5.74, 6) is 1.23. The third-order valence-corrected chi connectivity index (χ3v) is 7.71. The lowest BCUT2D eigenvalue weighted by molar-refractivity contribution is 0.101. The molecule has 1 fully saturated rings. The summed E-state index contributed by atoms with van der Waals surface area (Å²) in [6.07, 6.45) is 1.96. The van der Waals surface area contributed by atoms with Crippen molar-refractivity contribution in [2.45, 2.75) is 58.7 Å². The van der Waals surface area contributed by atoms with E-state index in [0.717, 1.165) is 43.5 Å². The van der Waals surface area contributed by atoms with Crippen LogP contribution >= 0.6 is 0 Å². The summed E-state index contributed by atoms with van der Waals surface area (Å²) in [5.41, 5.74) is 3.85. The van der Waals surface area contributed by atoms with Crippen LogP contribution in [0.3, 0.4) is 0 Å². The van der Waals surface area contributed by atoms with Gasteiger partial charge in [-0.2, -0.15) is 4.98 Å². The number of hydrogen-bond donors (Lipinski definition) is 0. The van der Waals surface area contributed by atoms with Crippen LogP contribution in [0.1, 0.15) is 50.8 Å². The molecular weight excluding hydrogens is 464 g/mol. The van der Waals surface area contributed by atoms with Gasteiger partial charge in [-0.3, -0.25) is 9.47 Å². The van der Waals surface area contributed by atoms with Gasteiger partial charge in [-0.1, -0.05) is 43.7 Å². The Hall–Kier alpha value is -2.97. The summed E-state index contributed by atoms with van der Waals surface area (Å²) in [6.45, 7) is 11.9. The molecule has 4 rings (SSSR count). The predicted octanol–water partition coefficient (Wildman–Crippen LogP) is 4.02. The molecule has 2 aromatic heterocycles. The molecule has 0 amide bonds. The monoisotopic (exact) mass is 506 g/mol. The van der Waals surface area contributed by atoms with Crippen molar-refractivity contribution < 1.29 is 4.74 Å². The Balaban J connectivity index is 1.69. The Morgan fingerprint density at radius 2 is 1.73 bits per heavy atom. The molecular formula is C29H42N6O2. The number of pyridine rings is 1. The van der Waals surface area contributed by atoms with Gasteiger partial charge < -0.3 is 14.5 Å². The molecule has 8 nitrogen and oxygen atoms in total. The van der Waals surface area contributed by atoms with Crippen molar-refractivity contribution in [3.05, 3.63) is 58.0 Å². The molecule has 0 spiro atoms. The summed E-state index contributed by atoms with van der Waals surface area (Å²) < 4.78 is 7.52. The Morgan fingerprint density at radius 1 is 1.03 bits per heavy atom. The number of hydrogen-bond acceptors (Lipinski definition) is 7. The molecule has 0 saturated carbocycles. The van der Waals surface area contributed by atoms with Gasteiger partial charge in [0.15, 0.2) is 5.82 Å². The highest BCUT2D eigenvalue weighted by Gasteiger charge is 2.36. The van der Waals surface area contributed by atoms with Gasteiger partial charge in [-0.05, 0) is 52.4 Å². The average molecular weight is 507 g/mol. The van der Waals surface area contributed by atoms with Gasteiger partial charge in [0.05, 0.1) is 5.52 Å². The van der Waals surface area contributed by atoms with Crippen molar-refractivity contribution in [3.63, 3.8) is 0 Å². The van der Waals surface area contributed by atoms with Crippen LogP contribution in [-0.2, 0) is 7.05 Å². The SMILES string of the molecule is CC[C@H]1CN(C(C)c2ccc(C)cc2)[C@H](CC)CN1c1nc(=O)n(C)c2ccc(OCCN(C)C)nc12. The van der Waals surface area contributed by atoms with Crippen molar-refractivity contribution in [2.75, 3.05) is 45.2 Å². The highest BCUT2D eigenvalue weighted by molar-refractivity contribution is 5.86. The number of fused-ring (bicyclic) bond motifs is 1. The van der Waals surface area contributed by atoms with E-state index in [1.54, 1.807) is 11.6 Å². The second-order valence-electron chi connectivity index (χ2n) is 10.5. The van der Waals surface area contributed by atoms with E-state index in [4.69, 9.17) is 9.72 Å². The molecule has 37 heavy (non-hydrogen) atoms. The minimum atomic E-state index is -0.260. The lowest BCUT2D eigenvalue weighted by atomic mass is 9.96. The first-order chi connectivity index (χ1) is 17.7. The van der Waals surface area contributed by atoms with Gasteiger partial charge in [-0.15, -0.1) is 0 Å². The second-order valence-corrected chi connectivity index (χ2v) is 10.5. The number of piperazine rings is 1. The van der Waals surface area contributed by atoms with Crippen LogP contribution in [0.5, 0.6) is 5.88 Å². The third-order valence-electron chi connectivity index (χ3n) is 7.71. The van der Waals surface area contributed by atoms with Gasteiger partial charge in [0.1, 0.15) is 12.1 Å². The molecule has 0 N–H and O–H groups in total. The van der Waals surface area contributed by atoms with E-state index in [1.807, 2.05) is 26.2 Å². The van der Waals surface area contributed by atoms with Gasteiger partial charge in [-0.25, -0.2) is 9.78 Å². The summed E-state index contributed by atoms with van der Waals surface area (Å²) in [7, 11) is 5.79. The fraction of sp³-hybridized carbons (Fsp3) is 0.552. The van der Waals surface area contributed by atoms with Crippen molar-refractivity contribution >= 4 is 16.9 Å². The smallest absolute Gasteiger partial charge is 0.349 e. The van der Waals surface area contributed by atoms with Gasteiger partial charge in [0.25, 0.3) is 0 Å². The van der Waals surface area contributed by atoms with Crippen molar-refractivity contribution in [1.29, 1.82) is 0 Å². The number of rotatable bonds is 9. The molecule has 200 valence electrons. The van der Waals surface area contributed by atoms with Crippen molar-refractivity contribution in [1.82, 2.24) is 24.3 Å². The number of ether oxygens (including phenoxy) is 1.